The zero-order chi connectivity index (χ0) is 13.0. The average Bonchev–Trinajstić information content (AvgIpc) is 2.88. The first-order valence-electron chi connectivity index (χ1n) is 7.77. The monoisotopic (exact) mass is 252 g/mol. The molecule has 0 radical (unpaired) electrons. The normalized spacial score (nSPS) is 27.4. The van der Waals surface area contributed by atoms with Crippen LogP contribution < -0.4 is 5.73 Å². The molecule has 2 N–H and O–H groups in total. The number of carbonyl (C=O) groups excluding carboxylic acids is 1. The molecule has 1 saturated carbocycles. The quantitative estimate of drug-likeness (QED) is 0.836. The molecule has 2 rings (SSSR count). The molecule has 104 valence electrons. The van der Waals surface area contributed by atoms with Crippen LogP contribution in [0.5, 0.6) is 0 Å². The molecule has 0 aromatic carbocycles. The van der Waals surface area contributed by atoms with Crippen molar-refractivity contribution in [1.82, 2.24) is 4.90 Å². The molecular formula is C15H28N2O. The SMILES string of the molecule is CCC(N)CC(=O)N1CCCC1C1CCCCC1. The third-order valence-corrected chi connectivity index (χ3v) is 4.77. The van der Waals surface area contributed by atoms with E-state index in [4.69, 9.17) is 5.73 Å². The topological polar surface area (TPSA) is 46.3 Å². The second kappa shape index (κ2) is 6.55. The Labute approximate surface area is 111 Å². The molecule has 2 fully saturated rings. The summed E-state index contributed by atoms with van der Waals surface area (Å²) in [6, 6.07) is 0.576. The summed E-state index contributed by atoms with van der Waals surface area (Å²) >= 11 is 0. The number of nitrogens with zero attached hydrogens (tertiary/aromatic N) is 1. The van der Waals surface area contributed by atoms with Crippen molar-refractivity contribution < 1.29 is 4.79 Å². The fraction of sp³-hybridized carbons (Fsp3) is 0.933. The average molecular weight is 252 g/mol. The van der Waals surface area contributed by atoms with Crippen LogP contribution in [0.25, 0.3) is 0 Å². The standard InChI is InChI=1S/C15H28N2O/c1-2-13(16)11-15(18)17-10-6-9-14(17)12-7-4-3-5-8-12/h12-14H,2-11,16H2,1H3. The van der Waals surface area contributed by atoms with E-state index in [0.717, 1.165) is 18.9 Å². The Hall–Kier alpha value is -0.570. The molecule has 1 saturated heterocycles. The lowest BCUT2D eigenvalue weighted by Crippen LogP contribution is -2.42. The summed E-state index contributed by atoms with van der Waals surface area (Å²) in [6.07, 6.45) is 10.6. The Bertz CT molecular complexity index is 274. The van der Waals surface area contributed by atoms with Gasteiger partial charge in [-0.3, -0.25) is 4.79 Å². The molecule has 2 unspecified atom stereocenters. The highest BCUT2D eigenvalue weighted by Gasteiger charge is 2.35. The zero-order valence-electron chi connectivity index (χ0n) is 11.7. The first-order valence-corrected chi connectivity index (χ1v) is 7.77. The number of likely N-dealkylation sites (tertiary alicyclic amines) is 1. The Morgan fingerprint density at radius 1 is 1.22 bits per heavy atom. The van der Waals surface area contributed by atoms with Gasteiger partial charge in [0.15, 0.2) is 0 Å². The van der Waals surface area contributed by atoms with E-state index in [1.165, 1.54) is 44.9 Å². The number of hydrogen-bond donors (Lipinski definition) is 1. The molecular weight excluding hydrogens is 224 g/mol. The summed E-state index contributed by atoms with van der Waals surface area (Å²) in [5.74, 6) is 1.07. The molecule has 1 amide bonds. The molecule has 0 aromatic heterocycles. The van der Waals surface area contributed by atoms with Gasteiger partial charge in [-0.05, 0) is 38.0 Å². The first kappa shape index (κ1) is 13.9. The van der Waals surface area contributed by atoms with Crippen molar-refractivity contribution in [1.29, 1.82) is 0 Å². The van der Waals surface area contributed by atoms with Crippen LogP contribution in [0.15, 0.2) is 0 Å². The van der Waals surface area contributed by atoms with Crippen LogP contribution in [0.2, 0.25) is 0 Å². The van der Waals surface area contributed by atoms with E-state index in [0.29, 0.717) is 18.4 Å². The van der Waals surface area contributed by atoms with Crippen LogP contribution in [-0.2, 0) is 4.79 Å². The van der Waals surface area contributed by atoms with E-state index in [2.05, 4.69) is 11.8 Å². The van der Waals surface area contributed by atoms with Crippen LogP contribution in [0.3, 0.4) is 0 Å². The van der Waals surface area contributed by atoms with Gasteiger partial charge in [0, 0.05) is 25.0 Å². The third kappa shape index (κ3) is 3.25. The first-order chi connectivity index (χ1) is 8.72. The molecule has 3 heteroatoms. The largest absolute Gasteiger partial charge is 0.339 e. The summed E-state index contributed by atoms with van der Waals surface area (Å²) in [4.78, 5) is 14.5. The maximum atomic E-state index is 12.3. The highest BCUT2D eigenvalue weighted by atomic mass is 16.2. The number of rotatable bonds is 4. The molecule has 0 spiro atoms. The van der Waals surface area contributed by atoms with Gasteiger partial charge in [0.25, 0.3) is 0 Å². The van der Waals surface area contributed by atoms with Crippen molar-refractivity contribution in [3.05, 3.63) is 0 Å². The van der Waals surface area contributed by atoms with Crippen molar-refractivity contribution in [3.8, 4) is 0 Å². The molecule has 1 aliphatic heterocycles. The molecule has 18 heavy (non-hydrogen) atoms. The van der Waals surface area contributed by atoms with E-state index in [1.54, 1.807) is 0 Å². The van der Waals surface area contributed by atoms with E-state index in [-0.39, 0.29) is 6.04 Å². The van der Waals surface area contributed by atoms with Gasteiger partial charge in [-0.1, -0.05) is 26.2 Å². The fourth-order valence-electron chi connectivity index (χ4n) is 3.60. The molecule has 1 heterocycles. The fourth-order valence-corrected chi connectivity index (χ4v) is 3.60. The van der Waals surface area contributed by atoms with Gasteiger partial charge in [0.2, 0.25) is 5.91 Å². The molecule has 0 bridgehead atoms. The second-order valence-corrected chi connectivity index (χ2v) is 6.07. The molecule has 3 nitrogen and oxygen atoms in total. The zero-order valence-corrected chi connectivity index (χ0v) is 11.7. The molecule has 0 aromatic rings. The molecule has 2 aliphatic rings. The van der Waals surface area contributed by atoms with Gasteiger partial charge in [-0.2, -0.15) is 0 Å². The van der Waals surface area contributed by atoms with Crippen molar-refractivity contribution in [2.75, 3.05) is 6.54 Å². The Kier molecular flexibility index (Phi) is 5.04. The Balaban J connectivity index is 1.91. The summed E-state index contributed by atoms with van der Waals surface area (Å²) in [6.45, 7) is 3.02. The lowest BCUT2D eigenvalue weighted by atomic mass is 9.83. The minimum absolute atomic E-state index is 0.0464. The predicted molar refractivity (Wildman–Crippen MR) is 74.2 cm³/mol. The predicted octanol–water partition coefficient (Wildman–Crippen LogP) is 2.69. The minimum Gasteiger partial charge on any atom is -0.339 e. The highest BCUT2D eigenvalue weighted by Crippen LogP contribution is 2.34. The van der Waals surface area contributed by atoms with E-state index < -0.39 is 0 Å². The van der Waals surface area contributed by atoms with Crippen LogP contribution in [0.1, 0.15) is 64.7 Å². The Morgan fingerprint density at radius 3 is 2.61 bits per heavy atom. The van der Waals surface area contributed by atoms with Gasteiger partial charge in [-0.25, -0.2) is 0 Å². The smallest absolute Gasteiger partial charge is 0.224 e. The second-order valence-electron chi connectivity index (χ2n) is 6.07. The van der Waals surface area contributed by atoms with Crippen LogP contribution in [0, 0.1) is 5.92 Å². The number of amides is 1. The lowest BCUT2D eigenvalue weighted by molar-refractivity contribution is -0.133. The van der Waals surface area contributed by atoms with Gasteiger partial charge in [0.1, 0.15) is 0 Å². The van der Waals surface area contributed by atoms with Gasteiger partial charge >= 0.3 is 0 Å². The van der Waals surface area contributed by atoms with E-state index in [1.807, 2.05) is 0 Å². The summed E-state index contributed by atoms with van der Waals surface area (Å²) in [5, 5.41) is 0. The maximum absolute atomic E-state index is 12.3. The number of nitrogens with two attached hydrogens (primary N) is 1. The van der Waals surface area contributed by atoms with Gasteiger partial charge < -0.3 is 10.6 Å². The summed E-state index contributed by atoms with van der Waals surface area (Å²) in [5.41, 5.74) is 5.92. The number of carbonyl (C=O) groups is 1. The van der Waals surface area contributed by atoms with Gasteiger partial charge in [0.05, 0.1) is 0 Å². The summed E-state index contributed by atoms with van der Waals surface area (Å²) < 4.78 is 0. The van der Waals surface area contributed by atoms with Crippen LogP contribution >= 0.6 is 0 Å². The molecule has 1 aliphatic carbocycles. The third-order valence-electron chi connectivity index (χ3n) is 4.77. The minimum atomic E-state index is 0.0464. The lowest BCUT2D eigenvalue weighted by Gasteiger charge is -2.34. The highest BCUT2D eigenvalue weighted by molar-refractivity contribution is 5.77. The van der Waals surface area contributed by atoms with Crippen molar-refractivity contribution in [2.45, 2.75) is 76.8 Å². The van der Waals surface area contributed by atoms with Crippen LogP contribution in [0.4, 0.5) is 0 Å². The molecule has 2 atom stereocenters. The van der Waals surface area contributed by atoms with Crippen molar-refractivity contribution in [3.63, 3.8) is 0 Å². The van der Waals surface area contributed by atoms with Crippen molar-refractivity contribution >= 4 is 5.91 Å². The van der Waals surface area contributed by atoms with E-state index >= 15 is 0 Å². The Morgan fingerprint density at radius 2 is 1.94 bits per heavy atom. The summed E-state index contributed by atoms with van der Waals surface area (Å²) in [7, 11) is 0. The van der Waals surface area contributed by atoms with Crippen molar-refractivity contribution in [2.24, 2.45) is 11.7 Å². The number of hydrogen-bond acceptors (Lipinski definition) is 2. The van der Waals surface area contributed by atoms with Gasteiger partial charge in [-0.15, -0.1) is 0 Å². The van der Waals surface area contributed by atoms with Crippen LogP contribution in [-0.4, -0.2) is 29.4 Å². The van der Waals surface area contributed by atoms with E-state index in [9.17, 15) is 4.79 Å². The maximum Gasteiger partial charge on any atom is 0.224 e.